The van der Waals surface area contributed by atoms with Crippen molar-refractivity contribution in [1.29, 1.82) is 0 Å². The monoisotopic (exact) mass is 268 g/mol. The number of rotatable bonds is 6. The lowest BCUT2D eigenvalue weighted by Gasteiger charge is -2.12. The van der Waals surface area contributed by atoms with Gasteiger partial charge in [-0.15, -0.1) is 0 Å². The second-order valence-corrected chi connectivity index (χ2v) is 3.63. The summed E-state index contributed by atoms with van der Waals surface area (Å²) in [7, 11) is 0. The molecular weight excluding hydrogens is 252 g/mol. The van der Waals surface area contributed by atoms with Crippen LogP contribution in [-0.2, 0) is 4.79 Å². The number of urea groups is 1. The van der Waals surface area contributed by atoms with E-state index >= 15 is 0 Å². The minimum Gasteiger partial charge on any atom is -0.494 e. The molecule has 1 rings (SSSR count). The molecule has 7 nitrogen and oxygen atoms in total. The lowest BCUT2D eigenvalue weighted by molar-refractivity contribution is -0.140. The fourth-order valence-electron chi connectivity index (χ4n) is 1.31. The van der Waals surface area contributed by atoms with Gasteiger partial charge in [0.05, 0.1) is 13.2 Å². The lowest BCUT2D eigenvalue weighted by atomic mass is 10.3. The van der Waals surface area contributed by atoms with Crippen molar-refractivity contribution in [3.05, 3.63) is 24.3 Å². The highest BCUT2D eigenvalue weighted by molar-refractivity contribution is 5.92. The van der Waals surface area contributed by atoms with Gasteiger partial charge in [0.1, 0.15) is 5.75 Å². The molecule has 0 saturated heterocycles. The normalized spacial score (nSPS) is 11.5. The predicted molar refractivity (Wildman–Crippen MR) is 68.3 cm³/mol. The Hall–Kier alpha value is -2.28. The van der Waals surface area contributed by atoms with Crippen LogP contribution in [0.5, 0.6) is 5.75 Å². The van der Waals surface area contributed by atoms with Crippen molar-refractivity contribution in [1.82, 2.24) is 5.32 Å². The molecule has 0 unspecified atom stereocenters. The third-order valence-electron chi connectivity index (χ3n) is 2.21. The molecular formula is C12H16N2O5. The molecule has 0 saturated carbocycles. The molecule has 1 aromatic rings. The van der Waals surface area contributed by atoms with Gasteiger partial charge in [0.25, 0.3) is 0 Å². The van der Waals surface area contributed by atoms with E-state index in [1.165, 1.54) is 0 Å². The van der Waals surface area contributed by atoms with Crippen LogP contribution in [0.4, 0.5) is 10.5 Å². The van der Waals surface area contributed by atoms with Gasteiger partial charge in [0.15, 0.2) is 6.04 Å². The van der Waals surface area contributed by atoms with Crippen molar-refractivity contribution in [2.45, 2.75) is 13.0 Å². The summed E-state index contributed by atoms with van der Waals surface area (Å²) in [6, 6.07) is 4.58. The lowest BCUT2D eigenvalue weighted by Crippen LogP contribution is -2.45. The number of benzene rings is 1. The van der Waals surface area contributed by atoms with Crippen LogP contribution in [0.15, 0.2) is 24.3 Å². The zero-order valence-electron chi connectivity index (χ0n) is 10.4. The number of hydrogen-bond acceptors (Lipinski definition) is 4. The van der Waals surface area contributed by atoms with Crippen LogP contribution in [-0.4, -0.2) is 41.5 Å². The summed E-state index contributed by atoms with van der Waals surface area (Å²) < 4.78 is 5.24. The fraction of sp³-hybridized carbons (Fsp3) is 0.333. The van der Waals surface area contributed by atoms with Crippen molar-refractivity contribution in [3.8, 4) is 5.75 Å². The summed E-state index contributed by atoms with van der Waals surface area (Å²) >= 11 is 0. The van der Waals surface area contributed by atoms with Crippen molar-refractivity contribution in [2.24, 2.45) is 0 Å². The standard InChI is InChI=1S/C12H16N2O5/c1-2-19-9-5-3-8(4-6-9)13-12(18)14-10(7-15)11(16)17/h3-6,10,15H,2,7H2,1H3,(H,16,17)(H2,13,14,18)/t10-/m1/s1. The van der Waals surface area contributed by atoms with Crippen molar-refractivity contribution in [2.75, 3.05) is 18.5 Å². The van der Waals surface area contributed by atoms with E-state index in [4.69, 9.17) is 14.9 Å². The number of carboxylic acids is 1. The minimum absolute atomic E-state index is 0.489. The fourth-order valence-corrected chi connectivity index (χ4v) is 1.31. The number of carbonyl (C=O) groups is 2. The Bertz CT molecular complexity index is 432. The predicted octanol–water partition coefficient (Wildman–Crippen LogP) is 0.652. The quantitative estimate of drug-likeness (QED) is 0.606. The molecule has 4 N–H and O–H groups in total. The number of hydrogen-bond donors (Lipinski definition) is 4. The third kappa shape index (κ3) is 4.84. The Balaban J connectivity index is 2.54. The van der Waals surface area contributed by atoms with E-state index in [1.807, 2.05) is 6.92 Å². The van der Waals surface area contributed by atoms with E-state index in [0.717, 1.165) is 0 Å². The average Bonchev–Trinajstić information content (AvgIpc) is 2.38. The van der Waals surface area contributed by atoms with Gasteiger partial charge in [0.2, 0.25) is 0 Å². The maximum absolute atomic E-state index is 11.5. The first-order chi connectivity index (χ1) is 9.06. The Kier molecular flexibility index (Phi) is 5.62. The highest BCUT2D eigenvalue weighted by Crippen LogP contribution is 2.15. The minimum atomic E-state index is -1.33. The van der Waals surface area contributed by atoms with Gasteiger partial charge < -0.3 is 25.6 Å². The Labute approximate surface area is 110 Å². The average molecular weight is 268 g/mol. The van der Waals surface area contributed by atoms with Crippen molar-refractivity contribution >= 4 is 17.7 Å². The zero-order chi connectivity index (χ0) is 14.3. The molecule has 104 valence electrons. The number of ether oxygens (including phenoxy) is 1. The van der Waals surface area contributed by atoms with Gasteiger partial charge in [-0.25, -0.2) is 9.59 Å². The summed E-state index contributed by atoms with van der Waals surface area (Å²) in [5, 5.41) is 22.0. The molecule has 19 heavy (non-hydrogen) atoms. The van der Waals surface area contributed by atoms with Crippen LogP contribution >= 0.6 is 0 Å². The van der Waals surface area contributed by atoms with E-state index in [2.05, 4.69) is 10.6 Å². The maximum atomic E-state index is 11.5. The Morgan fingerprint density at radius 1 is 1.32 bits per heavy atom. The SMILES string of the molecule is CCOc1ccc(NC(=O)N[C@H](CO)C(=O)O)cc1. The van der Waals surface area contributed by atoms with Gasteiger partial charge in [-0.2, -0.15) is 0 Å². The molecule has 2 amide bonds. The van der Waals surface area contributed by atoms with Crippen LogP contribution in [0.2, 0.25) is 0 Å². The van der Waals surface area contributed by atoms with Crippen LogP contribution in [0.25, 0.3) is 0 Å². The van der Waals surface area contributed by atoms with Crippen molar-refractivity contribution < 1.29 is 24.5 Å². The molecule has 0 heterocycles. The summed E-state index contributed by atoms with van der Waals surface area (Å²) in [5.41, 5.74) is 0.489. The largest absolute Gasteiger partial charge is 0.494 e. The molecule has 0 aliphatic heterocycles. The molecule has 0 aliphatic rings. The smallest absolute Gasteiger partial charge is 0.328 e. The van der Waals surface area contributed by atoms with Gasteiger partial charge in [0, 0.05) is 5.69 Å². The summed E-state index contributed by atoms with van der Waals surface area (Å²) in [4.78, 5) is 22.1. The van der Waals surface area contributed by atoms with Crippen LogP contribution < -0.4 is 15.4 Å². The van der Waals surface area contributed by atoms with Crippen LogP contribution in [0.3, 0.4) is 0 Å². The first-order valence-electron chi connectivity index (χ1n) is 5.70. The van der Waals surface area contributed by atoms with E-state index in [0.29, 0.717) is 18.0 Å². The van der Waals surface area contributed by atoms with Gasteiger partial charge in [-0.1, -0.05) is 0 Å². The summed E-state index contributed by atoms with van der Waals surface area (Å²) in [6.45, 7) is 1.73. The van der Waals surface area contributed by atoms with Gasteiger partial charge in [-0.05, 0) is 31.2 Å². The number of anilines is 1. The number of aliphatic carboxylic acids is 1. The maximum Gasteiger partial charge on any atom is 0.328 e. The number of carboxylic acid groups (broad SMARTS) is 1. The first-order valence-corrected chi connectivity index (χ1v) is 5.70. The van der Waals surface area contributed by atoms with E-state index in [9.17, 15) is 9.59 Å². The molecule has 0 spiro atoms. The molecule has 0 radical (unpaired) electrons. The molecule has 0 aliphatic carbocycles. The second kappa shape index (κ2) is 7.22. The first kappa shape index (κ1) is 14.8. The van der Waals surface area contributed by atoms with Gasteiger partial charge in [-0.3, -0.25) is 0 Å². The van der Waals surface area contributed by atoms with Crippen LogP contribution in [0, 0.1) is 0 Å². The molecule has 1 atom stereocenters. The number of carbonyl (C=O) groups excluding carboxylic acids is 1. The zero-order valence-corrected chi connectivity index (χ0v) is 10.4. The van der Waals surface area contributed by atoms with E-state index in [1.54, 1.807) is 24.3 Å². The molecule has 0 bridgehead atoms. The molecule has 0 fully saturated rings. The number of nitrogens with one attached hydrogen (secondary N) is 2. The third-order valence-corrected chi connectivity index (χ3v) is 2.21. The summed E-state index contributed by atoms with van der Waals surface area (Å²) in [6.07, 6.45) is 0. The number of aliphatic hydroxyl groups excluding tert-OH is 1. The van der Waals surface area contributed by atoms with E-state index in [-0.39, 0.29) is 0 Å². The number of amides is 2. The highest BCUT2D eigenvalue weighted by atomic mass is 16.5. The Morgan fingerprint density at radius 3 is 2.42 bits per heavy atom. The van der Waals surface area contributed by atoms with Crippen LogP contribution in [0.1, 0.15) is 6.92 Å². The topological polar surface area (TPSA) is 108 Å². The molecule has 1 aromatic carbocycles. The van der Waals surface area contributed by atoms with E-state index < -0.39 is 24.6 Å². The molecule has 7 heteroatoms. The van der Waals surface area contributed by atoms with Crippen molar-refractivity contribution in [3.63, 3.8) is 0 Å². The number of aliphatic hydroxyl groups is 1. The Morgan fingerprint density at radius 2 is 1.95 bits per heavy atom. The van der Waals surface area contributed by atoms with Gasteiger partial charge >= 0.3 is 12.0 Å². The summed E-state index contributed by atoms with van der Waals surface area (Å²) in [5.74, 6) is -0.628. The molecule has 0 aromatic heterocycles. The highest BCUT2D eigenvalue weighted by Gasteiger charge is 2.18. The second-order valence-electron chi connectivity index (χ2n) is 3.63.